The summed E-state index contributed by atoms with van der Waals surface area (Å²) in [6, 6.07) is 8.26. The summed E-state index contributed by atoms with van der Waals surface area (Å²) in [6.07, 6.45) is 10.8. The normalized spacial score (nSPS) is 14.3. The van der Waals surface area contributed by atoms with Crippen LogP contribution in [0.25, 0.3) is 16.3 Å². The number of amides is 1. The molecule has 20 heavy (non-hydrogen) atoms. The van der Waals surface area contributed by atoms with Gasteiger partial charge in [-0.1, -0.05) is 30.4 Å². The summed E-state index contributed by atoms with van der Waals surface area (Å²) >= 11 is 0. The third-order valence-corrected chi connectivity index (χ3v) is 3.46. The summed E-state index contributed by atoms with van der Waals surface area (Å²) in [5.74, 6) is -0.356. The molecule has 3 rings (SSSR count). The van der Waals surface area contributed by atoms with E-state index in [1.807, 2.05) is 6.07 Å². The third-order valence-electron chi connectivity index (χ3n) is 3.46. The van der Waals surface area contributed by atoms with Gasteiger partial charge in [0.2, 0.25) is 5.91 Å². The zero-order valence-corrected chi connectivity index (χ0v) is 11.2. The lowest BCUT2D eigenvalue weighted by Crippen LogP contribution is -2.14. The van der Waals surface area contributed by atoms with Crippen LogP contribution in [0.1, 0.15) is 24.1 Å². The van der Waals surface area contributed by atoms with Crippen LogP contribution < -0.4 is 5.73 Å². The quantitative estimate of drug-likeness (QED) is 0.926. The van der Waals surface area contributed by atoms with Crippen LogP contribution >= 0.6 is 0 Å². The monoisotopic (exact) mass is 264 g/mol. The van der Waals surface area contributed by atoms with Crippen molar-refractivity contribution in [1.82, 2.24) is 4.98 Å². The number of hydrogen-bond donors (Lipinski definition) is 1. The number of primary amides is 1. The summed E-state index contributed by atoms with van der Waals surface area (Å²) in [5.41, 5.74) is 8.39. The number of rotatable bonds is 3. The van der Waals surface area contributed by atoms with Crippen molar-refractivity contribution in [3.8, 4) is 0 Å². The van der Waals surface area contributed by atoms with Gasteiger partial charge in [0.15, 0.2) is 0 Å². The fourth-order valence-electron chi connectivity index (χ4n) is 2.47. The van der Waals surface area contributed by atoms with Crippen LogP contribution in [-0.2, 0) is 11.2 Å². The third kappa shape index (κ3) is 2.62. The highest BCUT2D eigenvalue weighted by Crippen LogP contribution is 2.25. The van der Waals surface area contributed by atoms with E-state index in [9.17, 15) is 4.79 Å². The van der Waals surface area contributed by atoms with E-state index in [0.29, 0.717) is 0 Å². The van der Waals surface area contributed by atoms with Crippen LogP contribution in [0.3, 0.4) is 0 Å². The number of carbonyl (C=O) groups is 1. The first-order chi connectivity index (χ1) is 9.72. The molecule has 1 aliphatic rings. The maximum atomic E-state index is 11.0. The molecule has 0 atom stereocenters. The number of nitrogens with zero attached hydrogens (tertiary/aromatic N) is 1. The summed E-state index contributed by atoms with van der Waals surface area (Å²) < 4.78 is 0. The second-order valence-corrected chi connectivity index (χ2v) is 5.02. The first-order valence-corrected chi connectivity index (χ1v) is 6.76. The predicted octanol–water partition coefficient (Wildman–Crippen LogP) is 3.00. The summed E-state index contributed by atoms with van der Waals surface area (Å²) in [7, 11) is 0. The number of allylic oxidation sites excluding steroid dienone is 4. The molecule has 1 aromatic heterocycles. The zero-order chi connectivity index (χ0) is 13.9. The van der Waals surface area contributed by atoms with E-state index < -0.39 is 0 Å². The number of nitrogens with two attached hydrogens (primary N) is 1. The van der Waals surface area contributed by atoms with Gasteiger partial charge in [0.05, 0.1) is 12.1 Å². The van der Waals surface area contributed by atoms with Crippen molar-refractivity contribution in [2.75, 3.05) is 0 Å². The molecule has 0 bridgehead atoms. The van der Waals surface area contributed by atoms with Gasteiger partial charge < -0.3 is 5.73 Å². The van der Waals surface area contributed by atoms with Gasteiger partial charge in [-0.3, -0.25) is 9.78 Å². The Hall–Kier alpha value is -2.42. The van der Waals surface area contributed by atoms with E-state index in [-0.39, 0.29) is 12.3 Å². The second-order valence-electron chi connectivity index (χ2n) is 5.02. The molecule has 2 aromatic rings. The SMILES string of the molecule is NC(=O)Cc1cc2cc(C3=CCCC=C3)ccc2cn1. The molecule has 1 aliphatic carbocycles. The number of benzene rings is 1. The van der Waals surface area contributed by atoms with Crippen LogP contribution in [-0.4, -0.2) is 10.9 Å². The van der Waals surface area contributed by atoms with Gasteiger partial charge in [-0.05, 0) is 41.5 Å². The number of hydrogen-bond acceptors (Lipinski definition) is 2. The lowest BCUT2D eigenvalue weighted by Gasteiger charge is -2.09. The van der Waals surface area contributed by atoms with Crippen molar-refractivity contribution in [2.45, 2.75) is 19.3 Å². The highest BCUT2D eigenvalue weighted by atomic mass is 16.1. The molecular weight excluding hydrogens is 248 g/mol. The molecule has 0 spiro atoms. The predicted molar refractivity (Wildman–Crippen MR) is 81.0 cm³/mol. The van der Waals surface area contributed by atoms with Gasteiger partial charge in [-0.25, -0.2) is 0 Å². The molecule has 0 aliphatic heterocycles. The number of aromatic nitrogens is 1. The van der Waals surface area contributed by atoms with E-state index in [1.165, 1.54) is 11.1 Å². The van der Waals surface area contributed by atoms with E-state index in [4.69, 9.17) is 5.73 Å². The van der Waals surface area contributed by atoms with E-state index in [1.54, 1.807) is 6.20 Å². The number of fused-ring (bicyclic) bond motifs is 1. The molecule has 2 N–H and O–H groups in total. The first-order valence-electron chi connectivity index (χ1n) is 6.76. The molecule has 0 saturated heterocycles. The largest absolute Gasteiger partial charge is 0.369 e. The van der Waals surface area contributed by atoms with Crippen molar-refractivity contribution in [3.63, 3.8) is 0 Å². The molecule has 0 saturated carbocycles. The molecule has 3 nitrogen and oxygen atoms in total. The van der Waals surface area contributed by atoms with Gasteiger partial charge in [0.25, 0.3) is 0 Å². The van der Waals surface area contributed by atoms with Gasteiger partial charge in [0.1, 0.15) is 0 Å². The van der Waals surface area contributed by atoms with Crippen molar-refractivity contribution >= 4 is 22.3 Å². The van der Waals surface area contributed by atoms with E-state index in [2.05, 4.69) is 41.4 Å². The minimum atomic E-state index is -0.356. The summed E-state index contributed by atoms with van der Waals surface area (Å²) in [5, 5.41) is 2.16. The van der Waals surface area contributed by atoms with Gasteiger partial charge in [-0.15, -0.1) is 0 Å². The van der Waals surface area contributed by atoms with Crippen molar-refractivity contribution < 1.29 is 4.79 Å². The van der Waals surface area contributed by atoms with Crippen LogP contribution in [0.5, 0.6) is 0 Å². The van der Waals surface area contributed by atoms with Gasteiger partial charge in [-0.2, -0.15) is 0 Å². The fourth-order valence-corrected chi connectivity index (χ4v) is 2.47. The highest BCUT2D eigenvalue weighted by molar-refractivity contribution is 5.88. The lowest BCUT2D eigenvalue weighted by molar-refractivity contribution is -0.117. The molecule has 0 unspecified atom stereocenters. The Morgan fingerprint density at radius 1 is 1.20 bits per heavy atom. The molecule has 0 radical (unpaired) electrons. The standard InChI is InChI=1S/C17H16N2O/c18-17(20)10-16-9-15-8-13(6-7-14(15)11-19-16)12-4-2-1-3-5-12/h2,4-9,11H,1,3,10H2,(H2,18,20). The van der Waals surface area contributed by atoms with Crippen molar-refractivity contribution in [1.29, 1.82) is 0 Å². The summed E-state index contributed by atoms with van der Waals surface area (Å²) in [6.45, 7) is 0. The van der Waals surface area contributed by atoms with Crippen LogP contribution in [0, 0.1) is 0 Å². The maximum absolute atomic E-state index is 11.0. The fraction of sp³-hybridized carbons (Fsp3) is 0.176. The average Bonchev–Trinajstić information content (AvgIpc) is 2.47. The first kappa shape index (κ1) is 12.6. The van der Waals surface area contributed by atoms with Crippen molar-refractivity contribution in [2.24, 2.45) is 5.73 Å². The Balaban J connectivity index is 2.02. The molecule has 1 heterocycles. The van der Waals surface area contributed by atoms with Crippen LogP contribution in [0.15, 0.2) is 48.7 Å². The second kappa shape index (κ2) is 5.29. The zero-order valence-electron chi connectivity index (χ0n) is 11.2. The summed E-state index contributed by atoms with van der Waals surface area (Å²) in [4.78, 5) is 15.2. The van der Waals surface area contributed by atoms with Crippen LogP contribution in [0.2, 0.25) is 0 Å². The Morgan fingerprint density at radius 3 is 2.85 bits per heavy atom. The topological polar surface area (TPSA) is 56.0 Å². The Kier molecular flexibility index (Phi) is 3.33. The Morgan fingerprint density at radius 2 is 2.10 bits per heavy atom. The molecule has 1 aromatic carbocycles. The maximum Gasteiger partial charge on any atom is 0.223 e. The molecular formula is C17H16N2O. The van der Waals surface area contributed by atoms with Crippen LogP contribution in [0.4, 0.5) is 0 Å². The van der Waals surface area contributed by atoms with Crippen molar-refractivity contribution in [3.05, 3.63) is 59.9 Å². The minimum Gasteiger partial charge on any atom is -0.369 e. The number of pyridine rings is 1. The Bertz CT molecular complexity index is 729. The Labute approximate surface area is 117 Å². The van der Waals surface area contributed by atoms with E-state index in [0.717, 1.165) is 29.3 Å². The molecule has 1 amide bonds. The minimum absolute atomic E-state index is 0.183. The molecule has 100 valence electrons. The number of carbonyl (C=O) groups excluding carboxylic acids is 1. The van der Waals surface area contributed by atoms with Gasteiger partial charge >= 0.3 is 0 Å². The smallest absolute Gasteiger partial charge is 0.223 e. The molecule has 0 fully saturated rings. The molecule has 3 heteroatoms. The van der Waals surface area contributed by atoms with E-state index >= 15 is 0 Å². The lowest BCUT2D eigenvalue weighted by atomic mass is 9.97. The average molecular weight is 264 g/mol. The highest BCUT2D eigenvalue weighted by Gasteiger charge is 2.05. The van der Waals surface area contributed by atoms with Gasteiger partial charge in [0, 0.05) is 11.6 Å².